The summed E-state index contributed by atoms with van der Waals surface area (Å²) in [5.74, 6) is -1.73. The quantitative estimate of drug-likeness (QED) is 0.229. The first kappa shape index (κ1) is 24.8. The maximum Gasteiger partial charge on any atom is 2.00 e. The molecule has 0 unspecified atom stereocenters. The summed E-state index contributed by atoms with van der Waals surface area (Å²) in [7, 11) is 0. The topological polar surface area (TPSA) is 122 Å². The van der Waals surface area contributed by atoms with Gasteiger partial charge in [-0.15, -0.1) is 0 Å². The minimum absolute atomic E-state index is 0. The fourth-order valence-corrected chi connectivity index (χ4v) is 3.44. The molecule has 0 bridgehead atoms. The molecule has 1 radical (unpaired) electrons. The summed E-state index contributed by atoms with van der Waals surface area (Å²) in [4.78, 5) is 23.0. The molecule has 0 aliphatic rings. The summed E-state index contributed by atoms with van der Waals surface area (Å²) in [6.07, 6.45) is 4.79. The second-order valence-corrected chi connectivity index (χ2v) is 7.21. The van der Waals surface area contributed by atoms with Crippen molar-refractivity contribution in [2.45, 2.75) is 6.04 Å². The van der Waals surface area contributed by atoms with Crippen LogP contribution in [0.25, 0.3) is 32.6 Å². The van der Waals surface area contributed by atoms with E-state index >= 15 is 0 Å². The van der Waals surface area contributed by atoms with E-state index in [2.05, 4.69) is 39.2 Å². The number of carbonyl (C=O) groups excluding carboxylic acids is 1. The van der Waals surface area contributed by atoms with Gasteiger partial charge in [-0.3, -0.25) is 15.0 Å². The molecule has 1 atom stereocenters. The molecule has 5 aromatic rings. The molecule has 1 N–H and O–H groups in total. The third kappa shape index (κ3) is 5.38. The van der Waals surface area contributed by atoms with Crippen molar-refractivity contribution < 1.29 is 37.2 Å². The number of aliphatic carboxylic acids is 1. The van der Waals surface area contributed by atoms with E-state index in [1.165, 1.54) is 12.3 Å². The van der Waals surface area contributed by atoms with E-state index in [-0.39, 0.29) is 22.8 Å². The van der Waals surface area contributed by atoms with Crippen molar-refractivity contribution in [3.8, 4) is 5.75 Å². The van der Waals surface area contributed by atoms with Gasteiger partial charge in [-0.25, -0.2) is 0 Å². The number of fused-ring (bicyclic) bond motifs is 4. The molecular weight excluding hydrogens is 482 g/mol. The molecule has 0 saturated heterocycles. The molecule has 7 nitrogen and oxygen atoms in total. The van der Waals surface area contributed by atoms with Gasteiger partial charge in [0, 0.05) is 29.4 Å². The fourth-order valence-electron chi connectivity index (χ4n) is 3.44. The van der Waals surface area contributed by atoms with Gasteiger partial charge in [-0.2, -0.15) is 0 Å². The number of carboxylic acids is 1. The number of pyridine rings is 2. The van der Waals surface area contributed by atoms with Crippen molar-refractivity contribution >= 4 is 44.8 Å². The molecule has 8 heteroatoms. The van der Waals surface area contributed by atoms with Gasteiger partial charge in [0.05, 0.1) is 23.6 Å². The average Bonchev–Trinajstić information content (AvgIpc) is 2.85. The smallest absolute Gasteiger partial charge is 0.872 e. The molecule has 0 saturated carbocycles. The minimum Gasteiger partial charge on any atom is -0.872 e. The number of aliphatic imine (C=N–C) groups is 1. The van der Waals surface area contributed by atoms with Gasteiger partial charge >= 0.3 is 17.1 Å². The maximum absolute atomic E-state index is 11.8. The van der Waals surface area contributed by atoms with Gasteiger partial charge < -0.3 is 20.1 Å². The Morgan fingerprint density at radius 3 is 2.03 bits per heavy atom. The molecular formula is C26H19CuN3O4. The van der Waals surface area contributed by atoms with E-state index < -0.39 is 18.6 Å². The van der Waals surface area contributed by atoms with E-state index in [4.69, 9.17) is 5.11 Å². The molecule has 173 valence electrons. The van der Waals surface area contributed by atoms with Gasteiger partial charge in [0.1, 0.15) is 6.04 Å². The van der Waals surface area contributed by atoms with Crippen molar-refractivity contribution in [1.82, 2.24) is 9.97 Å². The monoisotopic (exact) mass is 500 g/mol. The van der Waals surface area contributed by atoms with Crippen LogP contribution in [0.1, 0.15) is 5.56 Å². The first-order valence-corrected chi connectivity index (χ1v) is 10.2. The van der Waals surface area contributed by atoms with Crippen LogP contribution < -0.4 is 10.2 Å². The number of aliphatic hydroxyl groups is 1. The number of carboxylic acid groups (broad SMARTS) is 1. The van der Waals surface area contributed by atoms with Gasteiger partial charge in [0.15, 0.2) is 0 Å². The Balaban J connectivity index is 0.000000192. The second kappa shape index (κ2) is 11.3. The van der Waals surface area contributed by atoms with E-state index in [9.17, 15) is 15.0 Å². The Kier molecular flexibility index (Phi) is 8.27. The van der Waals surface area contributed by atoms with Crippen LogP contribution in [0, 0.1) is 0 Å². The molecule has 0 amide bonds. The van der Waals surface area contributed by atoms with E-state index in [1.807, 2.05) is 24.3 Å². The van der Waals surface area contributed by atoms with Gasteiger partial charge in [0.2, 0.25) is 0 Å². The first-order chi connectivity index (χ1) is 16.1. The van der Waals surface area contributed by atoms with Crippen LogP contribution in [0.15, 0.2) is 90.2 Å². The van der Waals surface area contributed by atoms with E-state index in [1.54, 1.807) is 30.6 Å². The number of hydrogen-bond acceptors (Lipinski definition) is 7. The van der Waals surface area contributed by atoms with Crippen LogP contribution in [-0.2, 0) is 21.9 Å². The zero-order chi connectivity index (χ0) is 23.2. The zero-order valence-electron chi connectivity index (χ0n) is 17.8. The van der Waals surface area contributed by atoms with Crippen molar-refractivity contribution in [3.63, 3.8) is 0 Å². The Bertz CT molecular complexity index is 1420. The summed E-state index contributed by atoms with van der Waals surface area (Å²) >= 11 is 0. The number of carbonyl (C=O) groups is 1. The van der Waals surface area contributed by atoms with Crippen LogP contribution in [0.4, 0.5) is 0 Å². The predicted molar refractivity (Wildman–Crippen MR) is 124 cm³/mol. The SMILES string of the molecule is O=C([O-])[C@H](CO)N=Cc1c([O-])ccc2ccccc12.[Cu+2].c1cnc2c(c1)ccc1cccnc12. The number of rotatable bonds is 4. The number of aromatic nitrogens is 2. The second-order valence-electron chi connectivity index (χ2n) is 7.21. The largest absolute Gasteiger partial charge is 2.00 e. The van der Waals surface area contributed by atoms with Crippen LogP contribution in [0.2, 0.25) is 0 Å². The Labute approximate surface area is 205 Å². The molecule has 3 aromatic carbocycles. The molecule has 34 heavy (non-hydrogen) atoms. The van der Waals surface area contributed by atoms with Gasteiger partial charge in [-0.05, 0) is 28.5 Å². The summed E-state index contributed by atoms with van der Waals surface area (Å²) < 4.78 is 0. The van der Waals surface area contributed by atoms with Crippen LogP contribution in [0.3, 0.4) is 0 Å². The van der Waals surface area contributed by atoms with Crippen LogP contribution in [-0.4, -0.2) is 39.9 Å². The molecule has 0 aliphatic heterocycles. The summed E-state index contributed by atoms with van der Waals surface area (Å²) in [5.41, 5.74) is 2.26. The van der Waals surface area contributed by atoms with Crippen molar-refractivity contribution in [2.24, 2.45) is 4.99 Å². The van der Waals surface area contributed by atoms with Crippen molar-refractivity contribution in [3.05, 3.63) is 90.8 Å². The van der Waals surface area contributed by atoms with Crippen LogP contribution in [0.5, 0.6) is 5.75 Å². The Hall–Kier alpha value is -3.84. The number of benzene rings is 3. The number of hydrogen-bond donors (Lipinski definition) is 1. The first-order valence-electron chi connectivity index (χ1n) is 10.2. The van der Waals surface area contributed by atoms with Crippen molar-refractivity contribution in [2.75, 3.05) is 6.61 Å². The molecule has 2 heterocycles. The molecule has 2 aromatic heterocycles. The summed E-state index contributed by atoms with van der Waals surface area (Å²) in [6, 6.07) is 21.1. The van der Waals surface area contributed by atoms with Gasteiger partial charge in [-0.1, -0.05) is 66.4 Å². The van der Waals surface area contributed by atoms with E-state index in [0.29, 0.717) is 10.9 Å². The standard InChI is InChI=1S/C14H13NO4.C12H8N2.Cu/c16-8-12(14(18)19)15-7-11-10-4-2-1-3-9(10)5-6-13(11)17;1-3-9-5-6-10-4-2-8-14-12(10)11(9)13-7-1;/h1-7,12,16-17H,8H2,(H,18,19);1-8H;/q;;+2/p-2/t12-;;/m0../s1. The molecule has 0 aliphatic carbocycles. The molecule has 0 spiro atoms. The summed E-state index contributed by atoms with van der Waals surface area (Å²) in [6.45, 7) is -0.669. The third-order valence-corrected chi connectivity index (χ3v) is 5.10. The van der Waals surface area contributed by atoms with Crippen molar-refractivity contribution in [1.29, 1.82) is 0 Å². The number of aliphatic hydroxyl groups excluding tert-OH is 1. The predicted octanol–water partition coefficient (Wildman–Crippen LogP) is 2.22. The summed E-state index contributed by atoms with van der Waals surface area (Å²) in [5, 5.41) is 35.1. The van der Waals surface area contributed by atoms with Gasteiger partial charge in [0.25, 0.3) is 0 Å². The average molecular weight is 501 g/mol. The normalized spacial score (nSPS) is 11.7. The molecule has 5 rings (SSSR count). The number of nitrogens with zero attached hydrogens (tertiary/aromatic N) is 3. The Morgan fingerprint density at radius 1 is 0.882 bits per heavy atom. The maximum atomic E-state index is 11.8. The third-order valence-electron chi connectivity index (χ3n) is 5.10. The zero-order valence-corrected chi connectivity index (χ0v) is 18.7. The Morgan fingerprint density at radius 2 is 1.44 bits per heavy atom. The van der Waals surface area contributed by atoms with E-state index in [0.717, 1.165) is 27.2 Å². The minimum atomic E-state index is -1.48. The molecule has 0 fully saturated rings. The fraction of sp³-hybridized carbons (Fsp3) is 0.0769. The van der Waals surface area contributed by atoms with Crippen LogP contribution >= 0.6 is 0 Å².